The molecule has 1 amide bonds. The lowest BCUT2D eigenvalue weighted by atomic mass is 9.87. The largest absolute Gasteiger partial charge is 0.475 e. The first kappa shape index (κ1) is 34.7. The lowest BCUT2D eigenvalue weighted by molar-refractivity contribution is 0.0509. The molecular weight excluding hydrogens is 627 g/mol. The van der Waals surface area contributed by atoms with Crippen molar-refractivity contribution in [3.63, 3.8) is 0 Å². The molecule has 12 heteroatoms. The van der Waals surface area contributed by atoms with Crippen molar-refractivity contribution in [3.8, 4) is 17.1 Å². The van der Waals surface area contributed by atoms with E-state index in [4.69, 9.17) is 9.72 Å². The summed E-state index contributed by atoms with van der Waals surface area (Å²) in [5, 5.41) is 0. The molecule has 3 heterocycles. The van der Waals surface area contributed by atoms with E-state index in [-0.39, 0.29) is 52.8 Å². The van der Waals surface area contributed by atoms with Crippen LogP contribution in [0.15, 0.2) is 65.8 Å². The molecule has 4 aromatic rings. The molecule has 5 rings (SSSR count). The van der Waals surface area contributed by atoms with Crippen LogP contribution in [0.4, 0.5) is 11.8 Å². The highest BCUT2D eigenvalue weighted by atomic mass is 32.2. The molecule has 1 unspecified atom stereocenters. The summed E-state index contributed by atoms with van der Waals surface area (Å²) in [5.41, 5.74) is 3.97. The number of benzene rings is 2. The first-order valence-corrected chi connectivity index (χ1v) is 17.7. The van der Waals surface area contributed by atoms with Crippen LogP contribution in [-0.2, 0) is 16.6 Å². The summed E-state index contributed by atoms with van der Waals surface area (Å²) >= 11 is 0. The number of nitrogens with zero attached hydrogens (tertiary/aromatic N) is 6. The average molecular weight is 672 g/mol. The van der Waals surface area contributed by atoms with E-state index in [0.717, 1.165) is 23.1 Å². The van der Waals surface area contributed by atoms with Gasteiger partial charge in [-0.2, -0.15) is 4.98 Å². The number of hydrogen-bond donors (Lipinski definition) is 1. The van der Waals surface area contributed by atoms with Crippen molar-refractivity contribution in [2.45, 2.75) is 84.8 Å². The van der Waals surface area contributed by atoms with Gasteiger partial charge in [-0.15, -0.1) is 0 Å². The molecule has 11 nitrogen and oxygen atoms in total. The van der Waals surface area contributed by atoms with Gasteiger partial charge in [0.25, 0.3) is 15.9 Å². The molecule has 2 aromatic carbocycles. The SMILES string of the molecule is CCC(C)N(C)c1cncc(CN2C(=O)c3cccc(c3)S(=O)(=O)Nc3nc(cc(-c4c(C)cccc4C)n3)OC[C@H]2CC(C)(C)C)n1. The van der Waals surface area contributed by atoms with Crippen LogP contribution >= 0.6 is 0 Å². The number of aryl methyl sites for hydroxylation is 2. The number of rotatable bonds is 7. The van der Waals surface area contributed by atoms with Crippen LogP contribution in [0.25, 0.3) is 11.3 Å². The van der Waals surface area contributed by atoms with Gasteiger partial charge in [0.2, 0.25) is 11.8 Å². The predicted octanol–water partition coefficient (Wildman–Crippen LogP) is 6.43. The van der Waals surface area contributed by atoms with Crippen molar-refractivity contribution < 1.29 is 17.9 Å². The van der Waals surface area contributed by atoms with Gasteiger partial charge in [-0.1, -0.05) is 52.0 Å². The molecule has 48 heavy (non-hydrogen) atoms. The van der Waals surface area contributed by atoms with Gasteiger partial charge in [0.15, 0.2) is 0 Å². The first-order valence-electron chi connectivity index (χ1n) is 16.2. The Balaban J connectivity index is 1.65. The Bertz CT molecular complexity index is 1890. The van der Waals surface area contributed by atoms with E-state index >= 15 is 0 Å². The van der Waals surface area contributed by atoms with Gasteiger partial charge >= 0.3 is 0 Å². The summed E-state index contributed by atoms with van der Waals surface area (Å²) in [6.45, 7) is 14.7. The van der Waals surface area contributed by atoms with Crippen LogP contribution in [-0.4, -0.2) is 64.9 Å². The summed E-state index contributed by atoms with van der Waals surface area (Å²) in [7, 11) is -2.20. The van der Waals surface area contributed by atoms with E-state index < -0.39 is 16.1 Å². The maximum Gasteiger partial charge on any atom is 0.264 e. The van der Waals surface area contributed by atoms with Gasteiger partial charge in [0.05, 0.1) is 41.3 Å². The summed E-state index contributed by atoms with van der Waals surface area (Å²) in [4.78, 5) is 36.6. The Morgan fingerprint density at radius 2 is 1.75 bits per heavy atom. The van der Waals surface area contributed by atoms with Crippen molar-refractivity contribution >= 4 is 27.7 Å². The summed E-state index contributed by atoms with van der Waals surface area (Å²) in [5.74, 6) is 0.425. The van der Waals surface area contributed by atoms with Gasteiger partial charge in [-0.25, -0.2) is 23.1 Å². The number of hydrogen-bond acceptors (Lipinski definition) is 9. The predicted molar refractivity (Wildman–Crippen MR) is 188 cm³/mol. The van der Waals surface area contributed by atoms with Gasteiger partial charge in [0.1, 0.15) is 12.4 Å². The highest BCUT2D eigenvalue weighted by Gasteiger charge is 2.32. The minimum absolute atomic E-state index is 0.0829. The summed E-state index contributed by atoms with van der Waals surface area (Å²) in [6, 6.07) is 13.5. The molecule has 1 N–H and O–H groups in total. The highest BCUT2D eigenvalue weighted by Crippen LogP contribution is 2.32. The number of carbonyl (C=O) groups excluding carboxylic acids is 1. The Hall–Kier alpha value is -4.58. The third-order valence-electron chi connectivity index (χ3n) is 8.65. The molecule has 0 spiro atoms. The van der Waals surface area contributed by atoms with Crippen LogP contribution in [0.1, 0.15) is 74.6 Å². The molecular formula is C36H45N7O4S. The summed E-state index contributed by atoms with van der Waals surface area (Å²) < 4.78 is 36.3. The number of nitrogens with one attached hydrogen (secondary N) is 1. The number of fused-ring (bicyclic) bond motifs is 4. The lowest BCUT2D eigenvalue weighted by Crippen LogP contribution is -2.45. The molecule has 254 valence electrons. The van der Waals surface area contributed by atoms with Crippen LogP contribution < -0.4 is 14.4 Å². The molecule has 0 saturated carbocycles. The van der Waals surface area contributed by atoms with E-state index in [1.165, 1.54) is 12.1 Å². The third-order valence-corrected chi connectivity index (χ3v) is 9.97. The van der Waals surface area contributed by atoms with E-state index in [2.05, 4.69) is 59.2 Å². The Morgan fingerprint density at radius 1 is 1.04 bits per heavy atom. The minimum atomic E-state index is -4.18. The van der Waals surface area contributed by atoms with E-state index in [1.54, 1.807) is 35.5 Å². The normalized spacial score (nSPS) is 16.9. The number of aromatic nitrogens is 4. The Morgan fingerprint density at radius 3 is 2.44 bits per heavy atom. The fourth-order valence-corrected chi connectivity index (χ4v) is 6.85. The van der Waals surface area contributed by atoms with E-state index in [9.17, 15) is 13.2 Å². The van der Waals surface area contributed by atoms with Crippen LogP contribution in [0.5, 0.6) is 5.88 Å². The maximum atomic E-state index is 14.5. The van der Waals surface area contributed by atoms with Crippen molar-refractivity contribution in [1.82, 2.24) is 24.8 Å². The Labute approximate surface area is 283 Å². The van der Waals surface area contributed by atoms with Gasteiger partial charge in [-0.05, 0) is 68.4 Å². The smallest absolute Gasteiger partial charge is 0.264 e. The van der Waals surface area contributed by atoms with Gasteiger partial charge < -0.3 is 14.5 Å². The Kier molecular flexibility index (Phi) is 10.0. The van der Waals surface area contributed by atoms with E-state index in [1.807, 2.05) is 39.1 Å². The van der Waals surface area contributed by atoms with Crippen molar-refractivity contribution in [3.05, 3.63) is 83.3 Å². The standard InChI is InChI=1S/C36H45N7O4S/c1-9-25(4)42(8)31-20-37-19-27(38-31)21-43-28(18-36(5,6)7)22-47-32-17-30(33-23(2)12-10-13-24(33)3)39-35(40-32)41-48(45,46)29-15-11-14-26(16-29)34(43)44/h10-17,19-20,25,28H,9,18,21-22H2,1-8H3,(H,39,40,41)/t25?,28-/m1/s1. The number of carbonyl (C=O) groups is 1. The molecule has 4 bridgehead atoms. The second-order valence-corrected chi connectivity index (χ2v) is 15.4. The molecule has 2 atom stereocenters. The fourth-order valence-electron chi connectivity index (χ4n) is 5.86. The van der Waals surface area contributed by atoms with Crippen molar-refractivity contribution in [2.75, 3.05) is 23.3 Å². The first-order chi connectivity index (χ1) is 22.6. The van der Waals surface area contributed by atoms with Crippen LogP contribution in [0, 0.1) is 19.3 Å². The molecule has 0 radical (unpaired) electrons. The zero-order valence-electron chi connectivity index (χ0n) is 29.0. The highest BCUT2D eigenvalue weighted by molar-refractivity contribution is 7.92. The number of ether oxygens (including phenoxy) is 1. The minimum Gasteiger partial charge on any atom is -0.475 e. The molecule has 0 fully saturated rings. The third kappa shape index (κ3) is 7.92. The van der Waals surface area contributed by atoms with E-state index in [0.29, 0.717) is 23.6 Å². The quantitative estimate of drug-likeness (QED) is 0.236. The van der Waals surface area contributed by atoms with Crippen LogP contribution in [0.2, 0.25) is 0 Å². The molecule has 1 aliphatic rings. The fraction of sp³-hybridized carbons (Fsp3) is 0.417. The van der Waals surface area contributed by atoms with Crippen LogP contribution in [0.3, 0.4) is 0 Å². The second-order valence-electron chi connectivity index (χ2n) is 13.7. The summed E-state index contributed by atoms with van der Waals surface area (Å²) in [6.07, 6.45) is 4.89. The van der Waals surface area contributed by atoms with Crippen molar-refractivity contribution in [1.29, 1.82) is 0 Å². The number of anilines is 2. The lowest BCUT2D eigenvalue weighted by Gasteiger charge is -2.35. The second kappa shape index (κ2) is 13.9. The zero-order chi connectivity index (χ0) is 34.8. The van der Waals surface area contributed by atoms with Crippen molar-refractivity contribution in [2.24, 2.45) is 5.41 Å². The molecule has 0 saturated heterocycles. The molecule has 0 aliphatic carbocycles. The number of sulfonamides is 1. The zero-order valence-corrected chi connectivity index (χ0v) is 29.8. The van der Waals surface area contributed by atoms with Gasteiger partial charge in [0, 0.05) is 30.3 Å². The maximum absolute atomic E-state index is 14.5. The van der Waals surface area contributed by atoms with Gasteiger partial charge in [-0.3, -0.25) is 9.78 Å². The average Bonchev–Trinajstić information content (AvgIpc) is 3.03. The molecule has 1 aliphatic heterocycles. The monoisotopic (exact) mass is 671 g/mol. The topological polar surface area (TPSA) is 131 Å². The molecule has 2 aromatic heterocycles. The number of amides is 1.